The molecule has 1 amide bonds. The molecule has 1 aromatic carbocycles. The Morgan fingerprint density at radius 3 is 2.68 bits per heavy atom. The monoisotopic (exact) mass is 342 g/mol. The van der Waals surface area contributed by atoms with E-state index in [1.54, 1.807) is 6.07 Å². The van der Waals surface area contributed by atoms with Gasteiger partial charge in [0.25, 0.3) is 0 Å². The highest BCUT2D eigenvalue weighted by Gasteiger charge is 2.41. The highest BCUT2D eigenvalue weighted by atomic mass is 16.3. The zero-order chi connectivity index (χ0) is 17.2. The van der Waals surface area contributed by atoms with Gasteiger partial charge in [-0.15, -0.1) is 0 Å². The van der Waals surface area contributed by atoms with Crippen molar-refractivity contribution in [3.63, 3.8) is 0 Å². The Bertz CT molecular complexity index is 608. The van der Waals surface area contributed by atoms with Crippen LogP contribution in [0.15, 0.2) is 18.2 Å². The van der Waals surface area contributed by atoms with Gasteiger partial charge in [0, 0.05) is 19.0 Å². The Kier molecular flexibility index (Phi) is 4.98. The molecular weight excluding hydrogens is 312 g/mol. The molecule has 2 N–H and O–H groups in total. The maximum Gasteiger partial charge on any atom is 0.208 e. The minimum absolute atomic E-state index is 0.0868. The zero-order valence-corrected chi connectivity index (χ0v) is 15.0. The average molecular weight is 342 g/mol. The molecule has 25 heavy (non-hydrogen) atoms. The summed E-state index contributed by atoms with van der Waals surface area (Å²) in [5, 5.41) is 12.9. The molecule has 0 unspecified atom stereocenters. The van der Waals surface area contributed by atoms with Crippen molar-refractivity contribution >= 4 is 6.41 Å². The number of hydrogen-bond acceptors (Lipinski definition) is 3. The topological polar surface area (TPSA) is 52.6 Å². The maximum absolute atomic E-state index is 11.2. The highest BCUT2D eigenvalue weighted by molar-refractivity contribution is 5.47. The number of hydrogen-bond donors (Lipinski definition) is 2. The summed E-state index contributed by atoms with van der Waals surface area (Å²) in [6.45, 7) is 0.836. The van der Waals surface area contributed by atoms with Crippen molar-refractivity contribution in [2.45, 2.75) is 76.5 Å². The third kappa shape index (κ3) is 3.84. The molecule has 3 aliphatic rings. The number of carbonyl (C=O) groups is 1. The fourth-order valence-corrected chi connectivity index (χ4v) is 5.02. The second-order valence-corrected chi connectivity index (χ2v) is 8.27. The van der Waals surface area contributed by atoms with Crippen LogP contribution in [0, 0.1) is 11.8 Å². The zero-order valence-electron chi connectivity index (χ0n) is 15.0. The molecule has 2 atom stereocenters. The van der Waals surface area contributed by atoms with E-state index in [0.717, 1.165) is 31.2 Å². The number of fused-ring (bicyclic) bond motifs is 1. The Morgan fingerprint density at radius 2 is 1.96 bits per heavy atom. The summed E-state index contributed by atoms with van der Waals surface area (Å²) in [4.78, 5) is 13.7. The quantitative estimate of drug-likeness (QED) is 0.777. The number of amides is 1. The first-order valence-corrected chi connectivity index (χ1v) is 10.0. The molecule has 0 radical (unpaired) electrons. The number of carbonyl (C=O) groups excluding carboxylic acids is 1. The molecule has 0 saturated heterocycles. The Morgan fingerprint density at radius 1 is 1.16 bits per heavy atom. The fraction of sp³-hybridized carbons (Fsp3) is 0.667. The molecule has 136 valence electrons. The molecule has 4 nitrogen and oxygen atoms in total. The smallest absolute Gasteiger partial charge is 0.208 e. The van der Waals surface area contributed by atoms with Crippen molar-refractivity contribution in [2.75, 3.05) is 0 Å². The highest BCUT2D eigenvalue weighted by Crippen LogP contribution is 2.43. The summed E-state index contributed by atoms with van der Waals surface area (Å²) >= 11 is 0. The fourth-order valence-electron chi connectivity index (χ4n) is 5.02. The van der Waals surface area contributed by atoms with E-state index < -0.39 is 0 Å². The van der Waals surface area contributed by atoms with Gasteiger partial charge in [-0.25, -0.2) is 0 Å². The molecule has 1 aromatic rings. The van der Waals surface area contributed by atoms with Crippen LogP contribution in [0.1, 0.15) is 62.5 Å². The SMILES string of the molecule is O=CN[C@H]1Cc2ccc(O)cc2CN1[C@H](CC1CCCCC1)C1CC1. The van der Waals surface area contributed by atoms with Crippen LogP contribution in [0.3, 0.4) is 0 Å². The lowest BCUT2D eigenvalue weighted by Gasteiger charge is -2.43. The van der Waals surface area contributed by atoms with E-state index in [1.807, 2.05) is 12.1 Å². The normalized spacial score (nSPS) is 26.0. The van der Waals surface area contributed by atoms with Crippen LogP contribution in [0.25, 0.3) is 0 Å². The minimum atomic E-state index is 0.0868. The second kappa shape index (κ2) is 7.36. The first kappa shape index (κ1) is 16.9. The molecule has 2 saturated carbocycles. The number of nitrogens with one attached hydrogen (secondary N) is 1. The average Bonchev–Trinajstić information content (AvgIpc) is 3.46. The number of rotatable bonds is 6. The summed E-state index contributed by atoms with van der Waals surface area (Å²) in [5.74, 6) is 1.98. The van der Waals surface area contributed by atoms with E-state index in [2.05, 4.69) is 10.2 Å². The Hall–Kier alpha value is -1.55. The van der Waals surface area contributed by atoms with Gasteiger partial charge in [0.1, 0.15) is 5.75 Å². The molecule has 2 aliphatic carbocycles. The van der Waals surface area contributed by atoms with Crippen molar-refractivity contribution in [1.82, 2.24) is 10.2 Å². The van der Waals surface area contributed by atoms with Crippen molar-refractivity contribution in [3.8, 4) is 5.75 Å². The van der Waals surface area contributed by atoms with Crippen molar-refractivity contribution in [3.05, 3.63) is 29.3 Å². The molecule has 4 rings (SSSR count). The van der Waals surface area contributed by atoms with Crippen LogP contribution in [0.5, 0.6) is 5.75 Å². The summed E-state index contributed by atoms with van der Waals surface area (Å²) < 4.78 is 0. The van der Waals surface area contributed by atoms with E-state index >= 15 is 0 Å². The predicted molar refractivity (Wildman–Crippen MR) is 98.0 cm³/mol. The number of aromatic hydroxyl groups is 1. The largest absolute Gasteiger partial charge is 0.508 e. The van der Waals surface area contributed by atoms with Gasteiger partial charge in [0.2, 0.25) is 6.41 Å². The Labute approximate surface area is 150 Å². The van der Waals surface area contributed by atoms with Crippen LogP contribution < -0.4 is 5.32 Å². The van der Waals surface area contributed by atoms with Crippen LogP contribution in [-0.4, -0.2) is 28.6 Å². The van der Waals surface area contributed by atoms with Gasteiger partial charge in [-0.3, -0.25) is 9.69 Å². The van der Waals surface area contributed by atoms with Gasteiger partial charge in [-0.2, -0.15) is 0 Å². The first-order valence-electron chi connectivity index (χ1n) is 10.0. The van der Waals surface area contributed by atoms with Gasteiger partial charge in [-0.05, 0) is 54.4 Å². The van der Waals surface area contributed by atoms with Crippen LogP contribution >= 0.6 is 0 Å². The van der Waals surface area contributed by atoms with Crippen molar-refractivity contribution in [1.29, 1.82) is 0 Å². The molecule has 0 bridgehead atoms. The summed E-state index contributed by atoms with van der Waals surface area (Å²) in [5.41, 5.74) is 2.47. The number of phenols is 1. The number of nitrogens with zero attached hydrogens (tertiary/aromatic N) is 1. The van der Waals surface area contributed by atoms with E-state index in [9.17, 15) is 9.90 Å². The van der Waals surface area contributed by atoms with E-state index in [1.165, 1.54) is 62.5 Å². The lowest BCUT2D eigenvalue weighted by molar-refractivity contribution is -0.112. The van der Waals surface area contributed by atoms with Gasteiger partial charge < -0.3 is 10.4 Å². The molecular formula is C21H30N2O2. The standard InChI is InChI=1S/C21H30N2O2/c24-14-22-21-12-17-8-9-19(25)11-18(17)13-23(21)20(16-6-7-16)10-15-4-2-1-3-5-15/h8-9,11,14-16,20-21,25H,1-7,10,12-13H2,(H,22,24)/t20-,21-/m1/s1. The minimum Gasteiger partial charge on any atom is -0.508 e. The summed E-state index contributed by atoms with van der Waals surface area (Å²) in [7, 11) is 0. The van der Waals surface area contributed by atoms with Gasteiger partial charge in [-0.1, -0.05) is 38.2 Å². The molecule has 1 aliphatic heterocycles. The summed E-state index contributed by atoms with van der Waals surface area (Å²) in [6, 6.07) is 6.24. The second-order valence-electron chi connectivity index (χ2n) is 8.27. The molecule has 2 fully saturated rings. The predicted octanol–water partition coefficient (Wildman–Crippen LogP) is 3.57. The van der Waals surface area contributed by atoms with Crippen molar-refractivity contribution < 1.29 is 9.90 Å². The molecule has 4 heteroatoms. The Balaban J connectivity index is 1.56. The van der Waals surface area contributed by atoms with Crippen LogP contribution in [0.2, 0.25) is 0 Å². The van der Waals surface area contributed by atoms with E-state index in [4.69, 9.17) is 0 Å². The molecule has 0 aromatic heterocycles. The third-order valence-electron chi connectivity index (χ3n) is 6.51. The molecule has 1 heterocycles. The lowest BCUT2D eigenvalue weighted by atomic mass is 9.82. The van der Waals surface area contributed by atoms with Crippen LogP contribution in [-0.2, 0) is 17.8 Å². The van der Waals surface area contributed by atoms with E-state index in [-0.39, 0.29) is 6.17 Å². The van der Waals surface area contributed by atoms with Crippen LogP contribution in [0.4, 0.5) is 0 Å². The lowest BCUT2D eigenvalue weighted by Crippen LogP contribution is -2.54. The molecule has 0 spiro atoms. The summed E-state index contributed by atoms with van der Waals surface area (Å²) in [6.07, 6.45) is 12.6. The maximum atomic E-state index is 11.2. The van der Waals surface area contributed by atoms with Crippen molar-refractivity contribution in [2.24, 2.45) is 11.8 Å². The van der Waals surface area contributed by atoms with Gasteiger partial charge in [0.05, 0.1) is 6.17 Å². The first-order chi connectivity index (χ1) is 12.2. The van der Waals surface area contributed by atoms with Gasteiger partial charge in [0.15, 0.2) is 0 Å². The third-order valence-corrected chi connectivity index (χ3v) is 6.51. The number of phenolic OH excluding ortho intramolecular Hbond substituents is 1. The number of benzene rings is 1. The van der Waals surface area contributed by atoms with E-state index in [0.29, 0.717) is 11.8 Å². The van der Waals surface area contributed by atoms with Gasteiger partial charge >= 0.3 is 0 Å².